The summed E-state index contributed by atoms with van der Waals surface area (Å²) in [4.78, 5) is 0. The molecule has 0 aromatic carbocycles. The highest BCUT2D eigenvalue weighted by Gasteiger charge is 1.87. The molecule has 1 rings (SSSR count). The third-order valence-corrected chi connectivity index (χ3v) is 1.25. The second kappa shape index (κ2) is 3.17. The quantitative estimate of drug-likeness (QED) is 0.817. The van der Waals surface area contributed by atoms with Crippen LogP contribution in [0.1, 0.15) is 5.56 Å². The van der Waals surface area contributed by atoms with Crippen molar-refractivity contribution in [1.29, 1.82) is 0 Å². The van der Waals surface area contributed by atoms with Gasteiger partial charge < -0.3 is 0 Å². The van der Waals surface area contributed by atoms with Gasteiger partial charge >= 0.3 is 0 Å². The molecule has 0 amide bonds. The van der Waals surface area contributed by atoms with Crippen LogP contribution in [-0.4, -0.2) is 10.2 Å². The number of halogens is 2. The van der Waals surface area contributed by atoms with Crippen LogP contribution in [-0.2, 0) is 0 Å². The Balaban J connectivity index is 2.80. The van der Waals surface area contributed by atoms with Gasteiger partial charge in [0.25, 0.3) is 0 Å². The van der Waals surface area contributed by atoms with Crippen molar-refractivity contribution in [2.75, 3.05) is 0 Å². The average Bonchev–Trinajstić information content (AvgIpc) is 2.15. The zero-order chi connectivity index (χ0) is 6.69. The summed E-state index contributed by atoms with van der Waals surface area (Å²) < 4.78 is 0.913. The van der Waals surface area contributed by atoms with Gasteiger partial charge in [-0.15, -0.1) is 0 Å². The minimum Gasteiger partial charge on any atom is -0.285 e. The van der Waals surface area contributed by atoms with E-state index in [0.29, 0.717) is 0 Å². The van der Waals surface area contributed by atoms with Crippen molar-refractivity contribution >= 4 is 37.9 Å². The van der Waals surface area contributed by atoms with Gasteiger partial charge in [0, 0.05) is 11.8 Å². The molecule has 1 aromatic heterocycles. The predicted molar refractivity (Wildman–Crippen MR) is 44.4 cm³/mol. The number of H-pyrrole nitrogens is 1. The van der Waals surface area contributed by atoms with Crippen molar-refractivity contribution in [3.63, 3.8) is 0 Å². The minimum absolute atomic E-state index is 0.913. The molecule has 0 fully saturated rings. The summed E-state index contributed by atoms with van der Waals surface area (Å²) in [6.07, 6.45) is 5.45. The van der Waals surface area contributed by atoms with Crippen LogP contribution in [0.25, 0.3) is 6.08 Å². The number of nitrogens with zero attached hydrogens (tertiary/aromatic N) is 1. The molecule has 0 saturated carbocycles. The molecule has 2 nitrogen and oxygen atoms in total. The van der Waals surface area contributed by atoms with Crippen LogP contribution >= 0.6 is 31.9 Å². The molecule has 0 aliphatic heterocycles. The summed E-state index contributed by atoms with van der Waals surface area (Å²) in [5, 5.41) is 6.46. The van der Waals surface area contributed by atoms with Crippen LogP contribution < -0.4 is 0 Å². The maximum absolute atomic E-state index is 3.76. The van der Waals surface area contributed by atoms with Crippen molar-refractivity contribution in [3.05, 3.63) is 21.3 Å². The van der Waals surface area contributed by atoms with E-state index in [1.807, 2.05) is 12.3 Å². The Bertz CT molecular complexity index is 199. The van der Waals surface area contributed by atoms with Gasteiger partial charge in [-0.25, -0.2) is 0 Å². The van der Waals surface area contributed by atoms with Gasteiger partial charge in [0.2, 0.25) is 0 Å². The normalized spacial score (nSPS) is 9.11. The Hall–Kier alpha value is -0.0900. The Kier molecular flexibility index (Phi) is 2.48. The number of rotatable bonds is 1. The average molecular weight is 252 g/mol. The second-order valence-electron chi connectivity index (χ2n) is 1.47. The third kappa shape index (κ3) is 2.32. The fourth-order valence-corrected chi connectivity index (χ4v) is 0.994. The van der Waals surface area contributed by atoms with Gasteiger partial charge in [0.15, 0.2) is 0 Å². The summed E-state index contributed by atoms with van der Waals surface area (Å²) in [7, 11) is 0. The Morgan fingerprint density at radius 2 is 2.44 bits per heavy atom. The van der Waals surface area contributed by atoms with E-state index in [0.717, 1.165) is 8.96 Å². The van der Waals surface area contributed by atoms with E-state index < -0.39 is 0 Å². The first kappa shape index (κ1) is 7.02. The third-order valence-electron chi connectivity index (χ3n) is 0.795. The fourth-order valence-electron chi connectivity index (χ4n) is 0.466. The first-order valence-electron chi connectivity index (χ1n) is 2.30. The molecule has 0 bridgehead atoms. The number of hydrogen-bond acceptors (Lipinski definition) is 1. The topological polar surface area (TPSA) is 28.7 Å². The van der Waals surface area contributed by atoms with Crippen LogP contribution in [0.3, 0.4) is 0 Å². The molecule has 48 valence electrons. The van der Waals surface area contributed by atoms with Crippen molar-refractivity contribution < 1.29 is 0 Å². The maximum atomic E-state index is 3.76. The summed E-state index contributed by atoms with van der Waals surface area (Å²) in [6.45, 7) is 0. The lowest BCUT2D eigenvalue weighted by molar-refractivity contribution is 1.09. The molecule has 4 heteroatoms. The smallest absolute Gasteiger partial charge is 0.0611 e. The van der Waals surface area contributed by atoms with E-state index >= 15 is 0 Å². The minimum atomic E-state index is 0.913. The highest BCUT2D eigenvalue weighted by molar-refractivity contribution is 9.28. The molecule has 0 unspecified atom stereocenters. The molecular weight excluding hydrogens is 248 g/mol. The Labute approximate surface area is 69.6 Å². The highest BCUT2D eigenvalue weighted by Crippen LogP contribution is 2.16. The molecule has 0 aliphatic carbocycles. The monoisotopic (exact) mass is 250 g/mol. The SMILES string of the molecule is BrC(Br)=Cc1cn[nH]c1. The van der Waals surface area contributed by atoms with Gasteiger partial charge in [-0.05, 0) is 37.9 Å². The van der Waals surface area contributed by atoms with E-state index in [2.05, 4.69) is 42.1 Å². The molecule has 0 saturated heterocycles. The van der Waals surface area contributed by atoms with Gasteiger partial charge in [0.05, 0.1) is 9.59 Å². The Morgan fingerprint density at radius 3 is 2.89 bits per heavy atom. The van der Waals surface area contributed by atoms with Crippen LogP contribution in [0, 0.1) is 0 Å². The van der Waals surface area contributed by atoms with Crippen LogP contribution in [0.15, 0.2) is 15.8 Å². The van der Waals surface area contributed by atoms with Gasteiger partial charge in [0.1, 0.15) is 0 Å². The van der Waals surface area contributed by atoms with E-state index in [-0.39, 0.29) is 0 Å². The van der Waals surface area contributed by atoms with E-state index in [1.54, 1.807) is 6.20 Å². The molecule has 1 heterocycles. The van der Waals surface area contributed by atoms with E-state index in [4.69, 9.17) is 0 Å². The summed E-state index contributed by atoms with van der Waals surface area (Å²) in [5.74, 6) is 0. The molecule has 0 aliphatic rings. The molecule has 0 spiro atoms. The summed E-state index contributed by atoms with van der Waals surface area (Å²) in [5.41, 5.74) is 1.04. The van der Waals surface area contributed by atoms with Crippen LogP contribution in [0.5, 0.6) is 0 Å². The van der Waals surface area contributed by atoms with Crippen molar-refractivity contribution in [3.8, 4) is 0 Å². The zero-order valence-electron chi connectivity index (χ0n) is 4.44. The lowest BCUT2D eigenvalue weighted by Crippen LogP contribution is -1.58. The lowest BCUT2D eigenvalue weighted by Gasteiger charge is -1.79. The fraction of sp³-hybridized carbons (Fsp3) is 0. The number of aromatic nitrogens is 2. The molecule has 1 N–H and O–H groups in total. The van der Waals surface area contributed by atoms with Gasteiger partial charge in [-0.2, -0.15) is 5.10 Å². The first-order valence-corrected chi connectivity index (χ1v) is 3.89. The molecule has 0 atom stereocenters. The maximum Gasteiger partial charge on any atom is 0.0611 e. The van der Waals surface area contributed by atoms with Gasteiger partial charge in [-0.1, -0.05) is 0 Å². The lowest BCUT2D eigenvalue weighted by atomic mass is 10.4. The van der Waals surface area contributed by atoms with E-state index in [1.165, 1.54) is 0 Å². The largest absolute Gasteiger partial charge is 0.285 e. The summed E-state index contributed by atoms with van der Waals surface area (Å²) >= 11 is 6.46. The second-order valence-corrected chi connectivity index (χ2v) is 4.24. The standard InChI is InChI=1S/C5H4Br2N2/c6-5(7)1-4-2-8-9-3-4/h1-3H,(H,8,9). The molecular formula is C5H4Br2N2. The van der Waals surface area contributed by atoms with E-state index in [9.17, 15) is 0 Å². The Morgan fingerprint density at radius 1 is 1.67 bits per heavy atom. The molecule has 0 radical (unpaired) electrons. The van der Waals surface area contributed by atoms with Crippen molar-refractivity contribution in [1.82, 2.24) is 10.2 Å². The zero-order valence-corrected chi connectivity index (χ0v) is 7.61. The number of aromatic amines is 1. The predicted octanol–water partition coefficient (Wildman–Crippen LogP) is 2.50. The summed E-state index contributed by atoms with van der Waals surface area (Å²) in [6, 6.07) is 0. The van der Waals surface area contributed by atoms with Gasteiger partial charge in [-0.3, -0.25) is 5.10 Å². The first-order chi connectivity index (χ1) is 4.29. The van der Waals surface area contributed by atoms with Crippen molar-refractivity contribution in [2.24, 2.45) is 0 Å². The van der Waals surface area contributed by atoms with Crippen LogP contribution in [0.2, 0.25) is 0 Å². The highest BCUT2D eigenvalue weighted by atomic mass is 79.9. The van der Waals surface area contributed by atoms with Crippen LogP contribution in [0.4, 0.5) is 0 Å². The number of hydrogen-bond donors (Lipinski definition) is 1. The molecule has 1 aromatic rings. The van der Waals surface area contributed by atoms with Crippen molar-refractivity contribution in [2.45, 2.75) is 0 Å². The number of nitrogens with one attached hydrogen (secondary N) is 1. The molecule has 9 heavy (non-hydrogen) atoms.